The van der Waals surface area contributed by atoms with Crippen LogP contribution in [0.2, 0.25) is 0 Å². The van der Waals surface area contributed by atoms with Crippen LogP contribution in [0.1, 0.15) is 23.0 Å². The fourth-order valence-electron chi connectivity index (χ4n) is 2.03. The number of halogens is 1. The number of ether oxygens (including phenoxy) is 1. The van der Waals surface area contributed by atoms with Gasteiger partial charge in [-0.2, -0.15) is 5.10 Å². The Kier molecular flexibility index (Phi) is 4.13. The Balaban J connectivity index is 2.50. The van der Waals surface area contributed by atoms with E-state index in [1.165, 1.54) is 4.68 Å². The molecule has 5 nitrogen and oxygen atoms in total. The van der Waals surface area contributed by atoms with Crippen molar-refractivity contribution in [2.45, 2.75) is 13.8 Å². The average Bonchev–Trinajstić information content (AvgIpc) is 2.67. The van der Waals surface area contributed by atoms with Gasteiger partial charge in [0.15, 0.2) is 5.69 Å². The van der Waals surface area contributed by atoms with Crippen LogP contribution < -0.4 is 4.74 Å². The number of hydrogen-bond donors (Lipinski definition) is 1. The first kappa shape index (κ1) is 14.6. The average molecular weight is 339 g/mol. The number of rotatable bonds is 4. The van der Waals surface area contributed by atoms with E-state index in [1.807, 2.05) is 32.0 Å². The minimum atomic E-state index is -1.01. The summed E-state index contributed by atoms with van der Waals surface area (Å²) in [5.41, 5.74) is 2.57. The molecule has 0 aliphatic rings. The highest BCUT2D eigenvalue weighted by Crippen LogP contribution is 2.32. The molecule has 0 radical (unpaired) electrons. The molecule has 1 aromatic carbocycles. The molecular formula is C14H15BrN2O3. The minimum Gasteiger partial charge on any atom is -0.494 e. The van der Waals surface area contributed by atoms with E-state index in [0.29, 0.717) is 16.8 Å². The smallest absolute Gasteiger partial charge is 0.355 e. The second-order valence-electron chi connectivity index (χ2n) is 4.35. The number of benzene rings is 1. The Morgan fingerprint density at radius 2 is 2.20 bits per heavy atom. The molecule has 2 aromatic rings. The number of nitrogens with zero attached hydrogens (tertiary/aromatic N) is 2. The van der Waals surface area contributed by atoms with Gasteiger partial charge in [0, 0.05) is 12.6 Å². The first-order valence-electron chi connectivity index (χ1n) is 6.15. The molecule has 0 bridgehead atoms. The Morgan fingerprint density at radius 1 is 1.50 bits per heavy atom. The van der Waals surface area contributed by atoms with Crippen molar-refractivity contribution in [2.24, 2.45) is 7.05 Å². The van der Waals surface area contributed by atoms with Crippen molar-refractivity contribution in [2.75, 3.05) is 6.61 Å². The normalized spacial score (nSPS) is 10.6. The molecule has 0 amide bonds. The summed E-state index contributed by atoms with van der Waals surface area (Å²) in [4.78, 5) is 11.2. The first-order valence-corrected chi connectivity index (χ1v) is 6.94. The highest BCUT2D eigenvalue weighted by molar-refractivity contribution is 9.10. The first-order chi connectivity index (χ1) is 9.45. The lowest BCUT2D eigenvalue weighted by Gasteiger charge is -2.08. The predicted molar refractivity (Wildman–Crippen MR) is 79.2 cm³/mol. The SMILES string of the molecule is CCOc1ccc(-c2nn(C)c(C(=O)O)c2Br)cc1C. The van der Waals surface area contributed by atoms with E-state index in [2.05, 4.69) is 21.0 Å². The molecule has 2 rings (SSSR count). The molecule has 1 heterocycles. The second-order valence-corrected chi connectivity index (χ2v) is 5.15. The van der Waals surface area contributed by atoms with Gasteiger partial charge in [0.1, 0.15) is 11.4 Å². The van der Waals surface area contributed by atoms with Gasteiger partial charge in [-0.3, -0.25) is 4.68 Å². The van der Waals surface area contributed by atoms with Gasteiger partial charge in [0.05, 0.1) is 11.1 Å². The van der Waals surface area contributed by atoms with E-state index >= 15 is 0 Å². The molecule has 1 N–H and O–H groups in total. The zero-order chi connectivity index (χ0) is 14.9. The molecule has 20 heavy (non-hydrogen) atoms. The molecule has 1 aromatic heterocycles. The zero-order valence-electron chi connectivity index (χ0n) is 11.5. The zero-order valence-corrected chi connectivity index (χ0v) is 13.1. The van der Waals surface area contributed by atoms with E-state index in [4.69, 9.17) is 9.84 Å². The number of aromatic carboxylic acids is 1. The number of carboxylic acid groups (broad SMARTS) is 1. The molecule has 0 fully saturated rings. The molecule has 0 unspecified atom stereocenters. The van der Waals surface area contributed by atoms with Crippen molar-refractivity contribution >= 4 is 21.9 Å². The topological polar surface area (TPSA) is 64.4 Å². The molecule has 0 aliphatic heterocycles. The second kappa shape index (κ2) is 5.66. The van der Waals surface area contributed by atoms with Gasteiger partial charge in [-0.1, -0.05) is 0 Å². The maximum absolute atomic E-state index is 11.2. The lowest BCUT2D eigenvalue weighted by molar-refractivity contribution is 0.0684. The Hall–Kier alpha value is -1.82. The summed E-state index contributed by atoms with van der Waals surface area (Å²) in [6.07, 6.45) is 0. The maximum atomic E-state index is 11.2. The molecule has 0 spiro atoms. The summed E-state index contributed by atoms with van der Waals surface area (Å²) in [6, 6.07) is 5.68. The largest absolute Gasteiger partial charge is 0.494 e. The van der Waals surface area contributed by atoms with Crippen LogP contribution in [-0.4, -0.2) is 27.5 Å². The molecule has 0 saturated carbocycles. The van der Waals surface area contributed by atoms with Gasteiger partial charge in [0.25, 0.3) is 0 Å². The Bertz CT molecular complexity index is 665. The summed E-state index contributed by atoms with van der Waals surface area (Å²) < 4.78 is 7.33. The van der Waals surface area contributed by atoms with Gasteiger partial charge in [-0.05, 0) is 53.5 Å². The number of carbonyl (C=O) groups is 1. The van der Waals surface area contributed by atoms with Crippen LogP contribution in [0.25, 0.3) is 11.3 Å². The van der Waals surface area contributed by atoms with Gasteiger partial charge in [-0.15, -0.1) is 0 Å². The maximum Gasteiger partial charge on any atom is 0.355 e. The lowest BCUT2D eigenvalue weighted by Crippen LogP contribution is -2.05. The molecule has 0 atom stereocenters. The van der Waals surface area contributed by atoms with Gasteiger partial charge in [0.2, 0.25) is 0 Å². The van der Waals surface area contributed by atoms with E-state index in [1.54, 1.807) is 7.05 Å². The van der Waals surface area contributed by atoms with Crippen molar-refractivity contribution in [1.29, 1.82) is 0 Å². The van der Waals surface area contributed by atoms with Crippen molar-refractivity contribution in [3.63, 3.8) is 0 Å². The molecule has 0 saturated heterocycles. The van der Waals surface area contributed by atoms with E-state index in [0.717, 1.165) is 16.9 Å². The van der Waals surface area contributed by atoms with Gasteiger partial charge < -0.3 is 9.84 Å². The molecule has 106 valence electrons. The monoisotopic (exact) mass is 338 g/mol. The summed E-state index contributed by atoms with van der Waals surface area (Å²) in [5.74, 6) is -0.192. The number of carboxylic acids is 1. The number of aromatic nitrogens is 2. The van der Waals surface area contributed by atoms with Crippen molar-refractivity contribution in [3.05, 3.63) is 33.9 Å². The summed E-state index contributed by atoms with van der Waals surface area (Å²) in [6.45, 7) is 4.49. The van der Waals surface area contributed by atoms with Crippen LogP contribution >= 0.6 is 15.9 Å². The third-order valence-corrected chi connectivity index (χ3v) is 3.69. The predicted octanol–water partition coefficient (Wildman–Crippen LogP) is 3.25. The molecule has 6 heteroatoms. The fraction of sp³-hybridized carbons (Fsp3) is 0.286. The van der Waals surface area contributed by atoms with Crippen molar-refractivity contribution < 1.29 is 14.6 Å². The van der Waals surface area contributed by atoms with E-state index < -0.39 is 5.97 Å². The summed E-state index contributed by atoms with van der Waals surface area (Å²) >= 11 is 3.32. The minimum absolute atomic E-state index is 0.131. The molecular weight excluding hydrogens is 324 g/mol. The molecule has 0 aliphatic carbocycles. The number of aryl methyl sites for hydroxylation is 2. The highest BCUT2D eigenvalue weighted by Gasteiger charge is 2.20. The van der Waals surface area contributed by atoms with Crippen LogP contribution in [0.4, 0.5) is 0 Å². The Morgan fingerprint density at radius 3 is 2.70 bits per heavy atom. The van der Waals surface area contributed by atoms with Crippen molar-refractivity contribution in [3.8, 4) is 17.0 Å². The van der Waals surface area contributed by atoms with Crippen molar-refractivity contribution in [1.82, 2.24) is 9.78 Å². The third kappa shape index (κ3) is 2.56. The summed E-state index contributed by atoms with van der Waals surface area (Å²) in [7, 11) is 1.61. The standard InChI is InChI=1S/C14H15BrN2O3/c1-4-20-10-6-5-9(7-8(10)2)12-11(15)13(14(18)19)17(3)16-12/h5-7H,4H2,1-3H3,(H,18,19). The lowest BCUT2D eigenvalue weighted by atomic mass is 10.1. The van der Waals surface area contributed by atoms with Crippen LogP contribution in [0.3, 0.4) is 0 Å². The van der Waals surface area contributed by atoms with Crippen LogP contribution in [0, 0.1) is 6.92 Å². The number of hydrogen-bond acceptors (Lipinski definition) is 3. The van der Waals surface area contributed by atoms with Crippen LogP contribution in [0.15, 0.2) is 22.7 Å². The van der Waals surface area contributed by atoms with E-state index in [-0.39, 0.29) is 5.69 Å². The Labute approximate surface area is 125 Å². The highest BCUT2D eigenvalue weighted by atomic mass is 79.9. The fourth-order valence-corrected chi connectivity index (χ4v) is 2.76. The van der Waals surface area contributed by atoms with Crippen LogP contribution in [0.5, 0.6) is 5.75 Å². The van der Waals surface area contributed by atoms with Gasteiger partial charge in [-0.25, -0.2) is 4.79 Å². The third-order valence-electron chi connectivity index (χ3n) is 2.94. The van der Waals surface area contributed by atoms with Crippen LogP contribution in [-0.2, 0) is 7.05 Å². The quantitative estimate of drug-likeness (QED) is 0.929. The van der Waals surface area contributed by atoms with E-state index in [9.17, 15) is 4.79 Å². The van der Waals surface area contributed by atoms with Gasteiger partial charge >= 0.3 is 5.97 Å². The summed E-state index contributed by atoms with van der Waals surface area (Å²) in [5, 5.41) is 13.4.